The number of hydrogen-bond acceptors (Lipinski definition) is 5. The molecule has 0 saturated carbocycles. The van der Waals surface area contributed by atoms with Gasteiger partial charge < -0.3 is 9.84 Å². The van der Waals surface area contributed by atoms with Gasteiger partial charge in [0, 0.05) is 23.7 Å². The van der Waals surface area contributed by atoms with Gasteiger partial charge in [-0.3, -0.25) is 9.36 Å². The van der Waals surface area contributed by atoms with Crippen LogP contribution in [0.15, 0.2) is 59.4 Å². The summed E-state index contributed by atoms with van der Waals surface area (Å²) in [5.41, 5.74) is 2.59. The van der Waals surface area contributed by atoms with Gasteiger partial charge in [-0.1, -0.05) is 31.2 Å². The van der Waals surface area contributed by atoms with E-state index in [-0.39, 0.29) is 36.4 Å². The number of aromatic nitrogens is 3. The molecule has 0 amide bonds. The number of nitrogens with zero attached hydrogens (tertiary/aromatic N) is 3. The molecule has 2 aromatic carbocycles. The molecule has 0 bridgehead atoms. The van der Waals surface area contributed by atoms with Crippen LogP contribution in [0.2, 0.25) is 0 Å². The van der Waals surface area contributed by atoms with Crippen LogP contribution in [0.25, 0.3) is 11.1 Å². The van der Waals surface area contributed by atoms with Crippen molar-refractivity contribution >= 4 is 0 Å². The lowest BCUT2D eigenvalue weighted by Gasteiger charge is -2.25. The van der Waals surface area contributed by atoms with Crippen LogP contribution in [0.4, 0.5) is 13.2 Å². The van der Waals surface area contributed by atoms with E-state index in [1.165, 1.54) is 22.8 Å². The Hall–Kier alpha value is -3.98. The first-order chi connectivity index (χ1) is 18.6. The van der Waals surface area contributed by atoms with Crippen molar-refractivity contribution in [3.8, 4) is 17.0 Å². The molecule has 6 nitrogen and oxygen atoms in total. The number of benzene rings is 2. The minimum atomic E-state index is -0.746. The molecule has 4 rings (SSSR count). The summed E-state index contributed by atoms with van der Waals surface area (Å²) in [7, 11) is 0. The molecule has 0 aliphatic rings. The van der Waals surface area contributed by atoms with E-state index in [1.54, 1.807) is 25.1 Å². The van der Waals surface area contributed by atoms with Crippen LogP contribution in [-0.4, -0.2) is 25.7 Å². The van der Waals surface area contributed by atoms with E-state index in [9.17, 15) is 23.1 Å². The molecule has 0 saturated heterocycles. The Balaban J connectivity index is 1.76. The molecule has 4 aromatic rings. The fourth-order valence-corrected chi connectivity index (χ4v) is 4.60. The van der Waals surface area contributed by atoms with Crippen molar-refractivity contribution in [3.63, 3.8) is 0 Å². The molecule has 0 unspecified atom stereocenters. The van der Waals surface area contributed by atoms with Crippen LogP contribution in [0.1, 0.15) is 61.4 Å². The van der Waals surface area contributed by atoms with E-state index in [0.29, 0.717) is 17.7 Å². The van der Waals surface area contributed by atoms with Crippen LogP contribution in [0.3, 0.4) is 0 Å². The Morgan fingerprint density at radius 1 is 0.974 bits per heavy atom. The van der Waals surface area contributed by atoms with Gasteiger partial charge in [0.15, 0.2) is 0 Å². The molecular weight excluding hydrogens is 507 g/mol. The molecule has 9 heteroatoms. The lowest BCUT2D eigenvalue weighted by atomic mass is 9.99. The van der Waals surface area contributed by atoms with Crippen molar-refractivity contribution < 1.29 is 23.0 Å². The van der Waals surface area contributed by atoms with E-state index in [0.717, 1.165) is 22.8 Å². The summed E-state index contributed by atoms with van der Waals surface area (Å²) < 4.78 is 48.7. The van der Waals surface area contributed by atoms with Crippen LogP contribution < -0.4 is 5.56 Å². The lowest BCUT2D eigenvalue weighted by molar-refractivity contribution is 0.0573. The first kappa shape index (κ1) is 28.0. The van der Waals surface area contributed by atoms with Crippen molar-refractivity contribution in [2.24, 2.45) is 0 Å². The monoisotopic (exact) mass is 537 g/mol. The Labute approximate surface area is 224 Å². The number of pyridine rings is 1. The molecule has 1 atom stereocenters. The number of hydrogen-bond donors (Lipinski definition) is 1. The summed E-state index contributed by atoms with van der Waals surface area (Å²) in [6.07, 6.45) is 0.245. The molecule has 0 fully saturated rings. The van der Waals surface area contributed by atoms with E-state index < -0.39 is 29.2 Å². The number of aryl methyl sites for hydroxylation is 1. The summed E-state index contributed by atoms with van der Waals surface area (Å²) in [5.74, 6) is -2.23. The van der Waals surface area contributed by atoms with Gasteiger partial charge >= 0.3 is 0 Å². The lowest BCUT2D eigenvalue weighted by Crippen LogP contribution is -2.26. The van der Waals surface area contributed by atoms with Crippen LogP contribution >= 0.6 is 0 Å². The van der Waals surface area contributed by atoms with E-state index >= 15 is 0 Å². The summed E-state index contributed by atoms with van der Waals surface area (Å²) in [6.45, 7) is 7.10. The van der Waals surface area contributed by atoms with Gasteiger partial charge in [-0.15, -0.1) is 0 Å². The van der Waals surface area contributed by atoms with Crippen molar-refractivity contribution in [2.75, 3.05) is 0 Å². The van der Waals surface area contributed by atoms with Crippen molar-refractivity contribution in [2.45, 2.75) is 59.3 Å². The van der Waals surface area contributed by atoms with Gasteiger partial charge in [0.1, 0.15) is 24.1 Å². The Bertz CT molecular complexity index is 1520. The average molecular weight is 538 g/mol. The molecule has 1 N–H and O–H groups in total. The molecule has 39 heavy (non-hydrogen) atoms. The van der Waals surface area contributed by atoms with Crippen molar-refractivity contribution in [3.05, 3.63) is 111 Å². The smallest absolute Gasteiger partial charge is 0.280 e. The second-order valence-electron chi connectivity index (χ2n) is 9.63. The number of ether oxygens (including phenoxy) is 1. The van der Waals surface area contributed by atoms with Gasteiger partial charge in [0.25, 0.3) is 5.56 Å². The zero-order valence-electron chi connectivity index (χ0n) is 22.2. The zero-order valence-corrected chi connectivity index (χ0v) is 22.2. The molecule has 2 heterocycles. The quantitative estimate of drug-likeness (QED) is 0.255. The van der Waals surface area contributed by atoms with Crippen molar-refractivity contribution in [1.82, 2.24) is 14.5 Å². The largest absolute Gasteiger partial charge is 0.494 e. The fraction of sp³-hybridized carbons (Fsp3) is 0.300. The third-order valence-corrected chi connectivity index (χ3v) is 6.48. The highest BCUT2D eigenvalue weighted by Crippen LogP contribution is 2.31. The predicted octanol–water partition coefficient (Wildman–Crippen LogP) is 6.25. The normalized spacial score (nSPS) is 12.2. The summed E-state index contributed by atoms with van der Waals surface area (Å²) in [5, 5.41) is 11.4. The minimum absolute atomic E-state index is 0.0472. The molecule has 0 aliphatic heterocycles. The molecule has 0 radical (unpaired) electrons. The third kappa shape index (κ3) is 6.37. The SMILES string of the molecule is CC[C@@H](c1cc(F)cc(F)c1)n1c(COC(C)C)nc(=O)c(Cc2ccc(-c3ccc(F)nc3C)cc2)c1O. The zero-order chi connectivity index (χ0) is 28.3. The number of rotatable bonds is 9. The van der Waals surface area contributed by atoms with E-state index in [1.807, 2.05) is 32.9 Å². The topological polar surface area (TPSA) is 77.2 Å². The molecule has 204 valence electrons. The predicted molar refractivity (Wildman–Crippen MR) is 142 cm³/mol. The van der Waals surface area contributed by atoms with Gasteiger partial charge in [-0.05, 0) is 68.1 Å². The Morgan fingerprint density at radius 2 is 1.64 bits per heavy atom. The van der Waals surface area contributed by atoms with E-state index in [2.05, 4.69) is 9.97 Å². The molecular formula is C30H30F3N3O3. The van der Waals surface area contributed by atoms with Gasteiger partial charge in [0.05, 0.1) is 17.7 Å². The summed E-state index contributed by atoms with van der Waals surface area (Å²) in [4.78, 5) is 21.2. The second-order valence-corrected chi connectivity index (χ2v) is 9.63. The fourth-order valence-electron chi connectivity index (χ4n) is 4.60. The second kappa shape index (κ2) is 11.8. The van der Waals surface area contributed by atoms with Gasteiger partial charge in [-0.25, -0.2) is 13.8 Å². The summed E-state index contributed by atoms with van der Waals surface area (Å²) >= 11 is 0. The van der Waals surface area contributed by atoms with Gasteiger partial charge in [0.2, 0.25) is 11.8 Å². The van der Waals surface area contributed by atoms with Crippen LogP contribution in [-0.2, 0) is 17.8 Å². The van der Waals surface area contributed by atoms with Crippen molar-refractivity contribution in [1.29, 1.82) is 0 Å². The molecule has 2 aromatic heterocycles. The standard InChI is InChI=1S/C30H30F3N3O3/c1-5-26(21-13-22(31)15-23(32)14-21)36-28(16-39-17(2)3)35-29(37)25(30(36)38)12-19-6-8-20(9-7-19)24-10-11-27(33)34-18(24)4/h6-11,13-15,17,26,38H,5,12,16H2,1-4H3/t26-/m0/s1. The van der Waals surface area contributed by atoms with E-state index in [4.69, 9.17) is 4.74 Å². The highest BCUT2D eigenvalue weighted by Gasteiger charge is 2.24. The highest BCUT2D eigenvalue weighted by atomic mass is 19.1. The minimum Gasteiger partial charge on any atom is -0.494 e. The molecule has 0 aliphatic carbocycles. The first-order valence-corrected chi connectivity index (χ1v) is 12.7. The van der Waals surface area contributed by atoms with Crippen LogP contribution in [0, 0.1) is 24.5 Å². The maximum atomic E-state index is 14.1. The van der Waals surface area contributed by atoms with Crippen LogP contribution in [0.5, 0.6) is 5.88 Å². The number of aromatic hydroxyl groups is 1. The first-order valence-electron chi connectivity index (χ1n) is 12.7. The average Bonchev–Trinajstić information content (AvgIpc) is 2.87. The maximum absolute atomic E-state index is 14.1. The Morgan fingerprint density at radius 3 is 2.23 bits per heavy atom. The highest BCUT2D eigenvalue weighted by molar-refractivity contribution is 5.65. The summed E-state index contributed by atoms with van der Waals surface area (Å²) in [6, 6.07) is 12.7. The van der Waals surface area contributed by atoms with Gasteiger partial charge in [-0.2, -0.15) is 9.37 Å². The number of halogens is 3. The third-order valence-electron chi connectivity index (χ3n) is 6.48. The molecule has 0 spiro atoms. The Kier molecular flexibility index (Phi) is 8.50. The maximum Gasteiger partial charge on any atom is 0.280 e.